The van der Waals surface area contributed by atoms with Gasteiger partial charge in [-0.15, -0.1) is 0 Å². The smallest absolute Gasteiger partial charge is 0.126 e. The summed E-state index contributed by atoms with van der Waals surface area (Å²) in [7, 11) is 0. The minimum atomic E-state index is 0.775. The zero-order valence-electron chi connectivity index (χ0n) is 8.18. The van der Waals surface area contributed by atoms with E-state index in [-0.39, 0.29) is 0 Å². The normalized spacial score (nSPS) is 15.8. The van der Waals surface area contributed by atoms with E-state index >= 15 is 0 Å². The average molecular weight is 177 g/mol. The summed E-state index contributed by atoms with van der Waals surface area (Å²) in [5.41, 5.74) is 3.84. The number of fused-ring (bicyclic) bond motifs is 1. The van der Waals surface area contributed by atoms with Gasteiger partial charge in [-0.1, -0.05) is 17.7 Å². The van der Waals surface area contributed by atoms with Gasteiger partial charge in [0, 0.05) is 18.7 Å². The van der Waals surface area contributed by atoms with Crippen LogP contribution < -0.4 is 10.1 Å². The summed E-state index contributed by atoms with van der Waals surface area (Å²) in [6, 6.07) is 4.37. The first-order chi connectivity index (χ1) is 6.27. The molecular weight excluding hydrogens is 162 g/mol. The Balaban J connectivity index is 2.47. The molecule has 1 heterocycles. The highest BCUT2D eigenvalue weighted by Crippen LogP contribution is 2.26. The Hall–Kier alpha value is -1.02. The molecule has 0 aliphatic carbocycles. The fourth-order valence-corrected chi connectivity index (χ4v) is 1.83. The molecule has 2 heteroatoms. The van der Waals surface area contributed by atoms with Gasteiger partial charge in [0.15, 0.2) is 0 Å². The third-order valence-electron chi connectivity index (χ3n) is 2.34. The predicted octanol–water partition coefficient (Wildman–Crippen LogP) is 1.79. The molecule has 1 aliphatic rings. The van der Waals surface area contributed by atoms with Gasteiger partial charge >= 0.3 is 0 Å². The fraction of sp³-hybridized carbons (Fsp3) is 0.455. The van der Waals surface area contributed by atoms with E-state index in [1.165, 1.54) is 16.7 Å². The highest BCUT2D eigenvalue weighted by atomic mass is 16.5. The maximum atomic E-state index is 5.67. The molecule has 13 heavy (non-hydrogen) atoms. The molecule has 0 atom stereocenters. The lowest BCUT2D eigenvalue weighted by molar-refractivity contribution is 0.323. The first-order valence-corrected chi connectivity index (χ1v) is 4.71. The monoisotopic (exact) mass is 177 g/mol. The Morgan fingerprint density at radius 1 is 1.31 bits per heavy atom. The van der Waals surface area contributed by atoms with Crippen molar-refractivity contribution in [2.75, 3.05) is 13.2 Å². The SMILES string of the molecule is Cc1cc(C)c2c(c1)CNCCO2. The Morgan fingerprint density at radius 3 is 3.00 bits per heavy atom. The van der Waals surface area contributed by atoms with Crippen molar-refractivity contribution in [2.24, 2.45) is 0 Å². The molecule has 0 spiro atoms. The van der Waals surface area contributed by atoms with E-state index in [1.54, 1.807) is 0 Å². The standard InChI is InChI=1S/C11H15NO/c1-8-5-9(2)11-10(6-8)7-12-3-4-13-11/h5-6,12H,3-4,7H2,1-2H3. The molecule has 70 valence electrons. The van der Waals surface area contributed by atoms with Crippen LogP contribution in [0.3, 0.4) is 0 Å². The van der Waals surface area contributed by atoms with Gasteiger partial charge in [0.05, 0.1) is 0 Å². The van der Waals surface area contributed by atoms with Crippen LogP contribution in [0, 0.1) is 13.8 Å². The topological polar surface area (TPSA) is 21.3 Å². The minimum Gasteiger partial charge on any atom is -0.492 e. The predicted molar refractivity (Wildman–Crippen MR) is 53.1 cm³/mol. The summed E-state index contributed by atoms with van der Waals surface area (Å²) in [5.74, 6) is 1.08. The first-order valence-electron chi connectivity index (χ1n) is 4.71. The molecule has 1 aromatic rings. The summed E-state index contributed by atoms with van der Waals surface area (Å²) in [4.78, 5) is 0. The third-order valence-corrected chi connectivity index (χ3v) is 2.34. The van der Waals surface area contributed by atoms with Crippen LogP contribution in [0.4, 0.5) is 0 Å². The van der Waals surface area contributed by atoms with E-state index in [1.807, 2.05) is 0 Å². The lowest BCUT2D eigenvalue weighted by Crippen LogP contribution is -2.16. The van der Waals surface area contributed by atoms with E-state index in [9.17, 15) is 0 Å². The van der Waals surface area contributed by atoms with Crippen LogP contribution in [0.2, 0.25) is 0 Å². The summed E-state index contributed by atoms with van der Waals surface area (Å²) >= 11 is 0. The Morgan fingerprint density at radius 2 is 2.15 bits per heavy atom. The van der Waals surface area contributed by atoms with Gasteiger partial charge in [0.1, 0.15) is 12.4 Å². The molecular formula is C11H15NO. The Bertz CT molecular complexity index is 320. The second-order valence-electron chi connectivity index (χ2n) is 3.60. The van der Waals surface area contributed by atoms with Crippen molar-refractivity contribution in [3.8, 4) is 5.75 Å². The lowest BCUT2D eigenvalue weighted by atomic mass is 10.1. The number of benzene rings is 1. The highest BCUT2D eigenvalue weighted by molar-refractivity contribution is 5.44. The maximum absolute atomic E-state index is 5.67. The maximum Gasteiger partial charge on any atom is 0.126 e. The van der Waals surface area contributed by atoms with E-state index in [0.717, 1.165) is 25.4 Å². The second-order valence-corrected chi connectivity index (χ2v) is 3.60. The van der Waals surface area contributed by atoms with Crippen molar-refractivity contribution < 1.29 is 4.74 Å². The first kappa shape index (κ1) is 8.57. The molecule has 0 amide bonds. The van der Waals surface area contributed by atoms with Gasteiger partial charge in [-0.3, -0.25) is 0 Å². The van der Waals surface area contributed by atoms with Gasteiger partial charge in [-0.2, -0.15) is 0 Å². The molecule has 1 N–H and O–H groups in total. The molecule has 0 unspecified atom stereocenters. The molecule has 0 bridgehead atoms. The van der Waals surface area contributed by atoms with Crippen LogP contribution in [0.1, 0.15) is 16.7 Å². The molecule has 0 saturated carbocycles. The van der Waals surface area contributed by atoms with Crippen molar-refractivity contribution in [1.82, 2.24) is 5.32 Å². The van der Waals surface area contributed by atoms with Crippen molar-refractivity contribution in [3.05, 3.63) is 28.8 Å². The van der Waals surface area contributed by atoms with Crippen LogP contribution in [0.15, 0.2) is 12.1 Å². The van der Waals surface area contributed by atoms with Crippen molar-refractivity contribution >= 4 is 0 Å². The molecule has 1 aliphatic heterocycles. The quantitative estimate of drug-likeness (QED) is 0.652. The zero-order valence-corrected chi connectivity index (χ0v) is 8.18. The third kappa shape index (κ3) is 1.68. The van der Waals surface area contributed by atoms with Crippen LogP contribution in [-0.2, 0) is 6.54 Å². The van der Waals surface area contributed by atoms with Crippen molar-refractivity contribution in [2.45, 2.75) is 20.4 Å². The van der Waals surface area contributed by atoms with Gasteiger partial charge in [-0.05, 0) is 19.4 Å². The van der Waals surface area contributed by atoms with E-state index in [0.29, 0.717) is 0 Å². The Labute approximate surface area is 78.9 Å². The average Bonchev–Trinajstić information content (AvgIpc) is 2.28. The van der Waals surface area contributed by atoms with Gasteiger partial charge in [-0.25, -0.2) is 0 Å². The van der Waals surface area contributed by atoms with E-state index in [2.05, 4.69) is 31.3 Å². The highest BCUT2D eigenvalue weighted by Gasteiger charge is 2.10. The zero-order chi connectivity index (χ0) is 9.26. The molecule has 2 rings (SSSR count). The van der Waals surface area contributed by atoms with Crippen LogP contribution in [0.5, 0.6) is 5.75 Å². The summed E-state index contributed by atoms with van der Waals surface area (Å²) in [5, 5.41) is 3.33. The number of hydrogen-bond acceptors (Lipinski definition) is 2. The van der Waals surface area contributed by atoms with Crippen molar-refractivity contribution in [1.29, 1.82) is 0 Å². The van der Waals surface area contributed by atoms with Gasteiger partial charge in [0.25, 0.3) is 0 Å². The second kappa shape index (κ2) is 3.38. The summed E-state index contributed by atoms with van der Waals surface area (Å²) in [6.07, 6.45) is 0. The van der Waals surface area contributed by atoms with E-state index < -0.39 is 0 Å². The molecule has 2 nitrogen and oxygen atoms in total. The number of aryl methyl sites for hydroxylation is 2. The Kier molecular flexibility index (Phi) is 2.23. The number of hydrogen-bond donors (Lipinski definition) is 1. The number of nitrogens with one attached hydrogen (secondary N) is 1. The van der Waals surface area contributed by atoms with Crippen LogP contribution in [0.25, 0.3) is 0 Å². The molecule has 0 aromatic heterocycles. The van der Waals surface area contributed by atoms with Crippen LogP contribution >= 0.6 is 0 Å². The van der Waals surface area contributed by atoms with Gasteiger partial charge in [0.2, 0.25) is 0 Å². The molecule has 1 aromatic carbocycles. The molecule has 0 fully saturated rings. The van der Waals surface area contributed by atoms with E-state index in [4.69, 9.17) is 4.74 Å². The molecule has 0 saturated heterocycles. The fourth-order valence-electron chi connectivity index (χ4n) is 1.83. The van der Waals surface area contributed by atoms with Crippen molar-refractivity contribution in [3.63, 3.8) is 0 Å². The largest absolute Gasteiger partial charge is 0.492 e. The lowest BCUT2D eigenvalue weighted by Gasteiger charge is -2.10. The molecule has 0 radical (unpaired) electrons. The summed E-state index contributed by atoms with van der Waals surface area (Å²) in [6.45, 7) is 6.87. The van der Waals surface area contributed by atoms with Crippen LogP contribution in [-0.4, -0.2) is 13.2 Å². The number of rotatable bonds is 0. The minimum absolute atomic E-state index is 0.775. The number of ether oxygens (including phenoxy) is 1. The summed E-state index contributed by atoms with van der Waals surface area (Å²) < 4.78 is 5.67. The van der Waals surface area contributed by atoms with Gasteiger partial charge < -0.3 is 10.1 Å².